The molecule has 0 aromatic heterocycles. The Morgan fingerprint density at radius 1 is 0.933 bits per heavy atom. The van der Waals surface area contributed by atoms with E-state index < -0.39 is 0 Å². The van der Waals surface area contributed by atoms with Crippen LogP contribution in [0.3, 0.4) is 0 Å². The second-order valence-electron chi connectivity index (χ2n) is 6.52. The highest BCUT2D eigenvalue weighted by Crippen LogP contribution is 2.46. The first kappa shape index (κ1) is 14.5. The third kappa shape index (κ3) is 3.86. The molecule has 1 unspecified atom stereocenters. The summed E-state index contributed by atoms with van der Waals surface area (Å²) in [4.78, 5) is 0. The van der Waals surface area contributed by atoms with E-state index in [0.29, 0.717) is 11.8 Å². The molecule has 0 saturated heterocycles. The fourth-order valence-corrected chi connectivity index (χ4v) is 2.54. The van der Waals surface area contributed by atoms with Crippen LogP contribution in [-0.4, -0.2) is 0 Å². The molecule has 0 aromatic rings. The molecule has 0 N–H and O–H groups in total. The number of nitrogens with zero attached hydrogens (tertiary/aromatic N) is 1. The van der Waals surface area contributed by atoms with Gasteiger partial charge in [-0.05, 0) is 37.0 Å². The van der Waals surface area contributed by atoms with E-state index in [2.05, 4.69) is 54.5 Å². The van der Waals surface area contributed by atoms with E-state index in [1.165, 1.54) is 0 Å². The summed E-state index contributed by atoms with van der Waals surface area (Å²) in [6.07, 6.45) is 2.10. The van der Waals surface area contributed by atoms with Crippen molar-refractivity contribution < 1.29 is 0 Å². The Balaban J connectivity index is 4.85. The zero-order chi connectivity index (χ0) is 12.3. The Bertz CT molecular complexity index is 232. The monoisotopic (exact) mass is 209 g/mol. The molecule has 1 nitrogen and oxygen atoms in total. The average molecular weight is 209 g/mol. The van der Waals surface area contributed by atoms with Gasteiger partial charge in [-0.25, -0.2) is 0 Å². The Hall–Kier alpha value is -0.510. The molecule has 0 heterocycles. The third-order valence-electron chi connectivity index (χ3n) is 3.48. The summed E-state index contributed by atoms with van der Waals surface area (Å²) in [6.45, 7) is 15.4. The highest BCUT2D eigenvalue weighted by molar-refractivity contribution is 5.05. The van der Waals surface area contributed by atoms with E-state index in [1.54, 1.807) is 0 Å². The highest BCUT2D eigenvalue weighted by Gasteiger charge is 2.41. The summed E-state index contributed by atoms with van der Waals surface area (Å²) in [5.74, 6) is 1.24. The molecule has 0 saturated carbocycles. The van der Waals surface area contributed by atoms with Gasteiger partial charge in [0.05, 0.1) is 11.5 Å². The summed E-state index contributed by atoms with van der Waals surface area (Å²) in [5, 5.41) is 9.43. The molecular weight excluding hydrogens is 182 g/mol. The summed E-state index contributed by atoms with van der Waals surface area (Å²) in [7, 11) is 0. The normalized spacial score (nSPS) is 16.5. The largest absolute Gasteiger partial charge is 0.198 e. The lowest BCUT2D eigenvalue weighted by Crippen LogP contribution is -2.36. The molecule has 88 valence electrons. The van der Waals surface area contributed by atoms with Crippen LogP contribution in [0, 0.1) is 34.0 Å². The molecular formula is C14H27N. The maximum Gasteiger partial charge on any atom is 0.0692 e. The standard InChI is InChI=1S/C14H27N/c1-11(2)8-13(5,6)14(7,10-15)9-12(3)4/h11-12H,8-9H2,1-7H3. The molecule has 0 rings (SSSR count). The fourth-order valence-electron chi connectivity index (χ4n) is 2.54. The number of nitriles is 1. The maximum absolute atomic E-state index is 9.43. The minimum atomic E-state index is -0.203. The summed E-state index contributed by atoms with van der Waals surface area (Å²) < 4.78 is 0. The molecule has 0 radical (unpaired) electrons. The predicted molar refractivity (Wildman–Crippen MR) is 66.4 cm³/mol. The molecule has 0 amide bonds. The molecule has 1 atom stereocenters. The van der Waals surface area contributed by atoms with Gasteiger partial charge in [0.1, 0.15) is 0 Å². The van der Waals surface area contributed by atoms with Gasteiger partial charge in [0.15, 0.2) is 0 Å². The van der Waals surface area contributed by atoms with Crippen molar-refractivity contribution in [2.24, 2.45) is 22.7 Å². The lowest BCUT2D eigenvalue weighted by molar-refractivity contribution is 0.0965. The van der Waals surface area contributed by atoms with Crippen molar-refractivity contribution in [3.63, 3.8) is 0 Å². The van der Waals surface area contributed by atoms with Crippen LogP contribution in [0.5, 0.6) is 0 Å². The molecule has 0 aliphatic heterocycles. The van der Waals surface area contributed by atoms with Crippen LogP contribution in [0.1, 0.15) is 61.3 Å². The Labute approximate surface area is 95.9 Å². The van der Waals surface area contributed by atoms with Gasteiger partial charge in [-0.15, -0.1) is 0 Å². The number of rotatable bonds is 5. The van der Waals surface area contributed by atoms with Crippen LogP contribution in [-0.2, 0) is 0 Å². The SMILES string of the molecule is CC(C)CC(C)(C)C(C)(C#N)CC(C)C. The Morgan fingerprint density at radius 2 is 1.33 bits per heavy atom. The molecule has 1 heteroatoms. The van der Waals surface area contributed by atoms with Crippen LogP contribution in [0.15, 0.2) is 0 Å². The molecule has 0 aliphatic carbocycles. The van der Waals surface area contributed by atoms with Crippen LogP contribution in [0.25, 0.3) is 0 Å². The molecule has 0 aromatic carbocycles. The first-order valence-corrected chi connectivity index (χ1v) is 6.06. The van der Waals surface area contributed by atoms with Crippen molar-refractivity contribution in [3.8, 4) is 6.07 Å². The second kappa shape index (κ2) is 5.01. The van der Waals surface area contributed by atoms with Crippen molar-refractivity contribution in [2.75, 3.05) is 0 Å². The van der Waals surface area contributed by atoms with Crippen LogP contribution >= 0.6 is 0 Å². The van der Waals surface area contributed by atoms with Gasteiger partial charge in [0.2, 0.25) is 0 Å². The Kier molecular flexibility index (Phi) is 4.84. The lowest BCUT2D eigenvalue weighted by atomic mass is 9.61. The second-order valence-corrected chi connectivity index (χ2v) is 6.52. The molecule has 0 aliphatic rings. The van der Waals surface area contributed by atoms with Gasteiger partial charge >= 0.3 is 0 Å². The molecule has 0 fully saturated rings. The Morgan fingerprint density at radius 3 is 1.60 bits per heavy atom. The molecule has 0 spiro atoms. The number of hydrogen-bond donors (Lipinski definition) is 0. The van der Waals surface area contributed by atoms with Gasteiger partial charge in [-0.1, -0.05) is 41.5 Å². The quantitative estimate of drug-likeness (QED) is 0.647. The fraction of sp³-hybridized carbons (Fsp3) is 0.929. The topological polar surface area (TPSA) is 23.8 Å². The molecule has 0 bridgehead atoms. The van der Waals surface area contributed by atoms with E-state index in [9.17, 15) is 5.26 Å². The van der Waals surface area contributed by atoms with Crippen LogP contribution in [0.4, 0.5) is 0 Å². The van der Waals surface area contributed by atoms with Gasteiger partial charge in [-0.2, -0.15) is 5.26 Å². The first-order valence-electron chi connectivity index (χ1n) is 6.06. The summed E-state index contributed by atoms with van der Waals surface area (Å²) >= 11 is 0. The van der Waals surface area contributed by atoms with Gasteiger partial charge < -0.3 is 0 Å². The van der Waals surface area contributed by atoms with Crippen molar-refractivity contribution in [3.05, 3.63) is 0 Å². The van der Waals surface area contributed by atoms with Gasteiger partial charge in [-0.3, -0.25) is 0 Å². The lowest BCUT2D eigenvalue weighted by Gasteiger charge is -2.41. The van der Waals surface area contributed by atoms with E-state index in [4.69, 9.17) is 0 Å². The number of hydrogen-bond acceptors (Lipinski definition) is 1. The van der Waals surface area contributed by atoms with Crippen LogP contribution < -0.4 is 0 Å². The van der Waals surface area contributed by atoms with Crippen molar-refractivity contribution in [2.45, 2.75) is 61.3 Å². The maximum atomic E-state index is 9.43. The van der Waals surface area contributed by atoms with Gasteiger partial charge in [0, 0.05) is 0 Å². The first-order chi connectivity index (χ1) is 6.64. The third-order valence-corrected chi connectivity index (χ3v) is 3.48. The van der Waals surface area contributed by atoms with Crippen molar-refractivity contribution in [1.82, 2.24) is 0 Å². The van der Waals surface area contributed by atoms with Crippen LogP contribution in [0.2, 0.25) is 0 Å². The highest BCUT2D eigenvalue weighted by atomic mass is 14.5. The zero-order valence-electron chi connectivity index (χ0n) is 11.5. The average Bonchev–Trinajstić information content (AvgIpc) is 2.00. The van der Waals surface area contributed by atoms with E-state index >= 15 is 0 Å². The van der Waals surface area contributed by atoms with Crippen molar-refractivity contribution in [1.29, 1.82) is 5.26 Å². The van der Waals surface area contributed by atoms with E-state index in [0.717, 1.165) is 12.8 Å². The van der Waals surface area contributed by atoms with E-state index in [1.807, 2.05) is 0 Å². The van der Waals surface area contributed by atoms with Crippen molar-refractivity contribution >= 4 is 0 Å². The minimum absolute atomic E-state index is 0.0974. The summed E-state index contributed by atoms with van der Waals surface area (Å²) in [6, 6.07) is 2.56. The molecule has 15 heavy (non-hydrogen) atoms. The zero-order valence-corrected chi connectivity index (χ0v) is 11.5. The smallest absolute Gasteiger partial charge is 0.0692 e. The van der Waals surface area contributed by atoms with E-state index in [-0.39, 0.29) is 10.8 Å². The predicted octanol–water partition coefficient (Wildman–Crippen LogP) is 4.63. The van der Waals surface area contributed by atoms with Gasteiger partial charge in [0.25, 0.3) is 0 Å². The summed E-state index contributed by atoms with van der Waals surface area (Å²) in [5.41, 5.74) is -0.106. The minimum Gasteiger partial charge on any atom is -0.198 e.